The monoisotopic (exact) mass is 299 g/mol. The van der Waals surface area contributed by atoms with E-state index < -0.39 is 0 Å². The molecular formula is C13H21N3OS2. The van der Waals surface area contributed by atoms with Gasteiger partial charge in [-0.3, -0.25) is 0 Å². The molecule has 0 aromatic carbocycles. The Bertz CT molecular complexity index is 391. The maximum atomic E-state index is 5.65. The number of thiazole rings is 1. The van der Waals surface area contributed by atoms with E-state index in [1.165, 1.54) is 6.42 Å². The molecule has 19 heavy (non-hydrogen) atoms. The first kappa shape index (κ1) is 14.8. The van der Waals surface area contributed by atoms with Gasteiger partial charge < -0.3 is 15.4 Å². The van der Waals surface area contributed by atoms with Gasteiger partial charge in [0.15, 0.2) is 0 Å². The van der Waals surface area contributed by atoms with E-state index in [1.54, 1.807) is 18.4 Å². The summed E-state index contributed by atoms with van der Waals surface area (Å²) in [5, 5.41) is 9.82. The first-order chi connectivity index (χ1) is 9.22. The van der Waals surface area contributed by atoms with Crippen LogP contribution in [0.4, 0.5) is 0 Å². The van der Waals surface area contributed by atoms with Gasteiger partial charge in [-0.05, 0) is 19.4 Å². The molecule has 1 aromatic rings. The maximum absolute atomic E-state index is 5.65. The van der Waals surface area contributed by atoms with Gasteiger partial charge in [0, 0.05) is 30.6 Å². The van der Waals surface area contributed by atoms with Crippen molar-refractivity contribution in [3.05, 3.63) is 16.6 Å². The second-order valence-electron chi connectivity index (χ2n) is 4.84. The first-order valence-electron chi connectivity index (χ1n) is 6.64. The van der Waals surface area contributed by atoms with Crippen LogP contribution in [0.15, 0.2) is 11.6 Å². The third kappa shape index (κ3) is 3.95. The number of aromatic nitrogens is 1. The minimum absolute atomic E-state index is 0.138. The number of methoxy groups -OCH3 is 1. The Morgan fingerprint density at radius 3 is 3.16 bits per heavy atom. The van der Waals surface area contributed by atoms with Crippen molar-refractivity contribution in [2.45, 2.75) is 38.5 Å². The van der Waals surface area contributed by atoms with E-state index in [2.05, 4.69) is 22.5 Å². The Morgan fingerprint density at radius 1 is 1.74 bits per heavy atom. The molecule has 0 aliphatic carbocycles. The molecule has 106 valence electrons. The van der Waals surface area contributed by atoms with Gasteiger partial charge in [-0.1, -0.05) is 19.1 Å². The molecule has 1 aliphatic rings. The molecule has 0 spiro atoms. The summed E-state index contributed by atoms with van der Waals surface area (Å²) < 4.78 is 5.65. The topological polar surface area (TPSA) is 46.2 Å². The largest absolute Gasteiger partial charge is 0.379 e. The number of nitrogens with one attached hydrogen (secondary N) is 2. The van der Waals surface area contributed by atoms with Gasteiger partial charge in [-0.25, -0.2) is 4.98 Å². The molecular weight excluding hydrogens is 278 g/mol. The molecule has 6 heteroatoms. The lowest BCUT2D eigenvalue weighted by molar-refractivity contribution is 0.0525. The minimum atomic E-state index is 0.138. The lowest BCUT2D eigenvalue weighted by atomic mass is 9.96. The summed E-state index contributed by atoms with van der Waals surface area (Å²) in [6, 6.07) is 0.416. The second kappa shape index (κ2) is 7.28. The standard InChI is InChI=1S/C13H21N3OS2/c1-9(12(17-2)10-4-3-5-14-10)13(18)16-8-11-15-6-7-19-11/h6-7,9-10,12,14H,3-5,8H2,1-2H3,(H,16,18). The zero-order valence-electron chi connectivity index (χ0n) is 11.4. The number of hydrogen-bond donors (Lipinski definition) is 2. The molecule has 2 heterocycles. The van der Waals surface area contributed by atoms with Crippen LogP contribution in [-0.4, -0.2) is 35.8 Å². The van der Waals surface area contributed by atoms with E-state index in [9.17, 15) is 0 Å². The zero-order chi connectivity index (χ0) is 13.7. The number of rotatable bonds is 6. The summed E-state index contributed by atoms with van der Waals surface area (Å²) in [6.07, 6.45) is 4.34. The van der Waals surface area contributed by atoms with E-state index in [-0.39, 0.29) is 12.0 Å². The zero-order valence-corrected chi connectivity index (χ0v) is 13.0. The number of ether oxygens (including phenoxy) is 1. The average molecular weight is 299 g/mol. The average Bonchev–Trinajstić information content (AvgIpc) is 3.09. The molecule has 0 saturated carbocycles. The fraction of sp³-hybridized carbons (Fsp3) is 0.692. The SMILES string of the molecule is COC(C1CCCN1)C(C)C(=S)NCc1nccs1. The number of nitrogens with zero attached hydrogens (tertiary/aromatic N) is 1. The van der Waals surface area contributed by atoms with Gasteiger partial charge in [0.05, 0.1) is 17.6 Å². The van der Waals surface area contributed by atoms with Crippen molar-refractivity contribution in [1.82, 2.24) is 15.6 Å². The molecule has 2 N–H and O–H groups in total. The summed E-state index contributed by atoms with van der Waals surface area (Å²) in [5.74, 6) is 0.204. The number of thiocarbonyl (C=S) groups is 1. The van der Waals surface area contributed by atoms with Crippen LogP contribution in [0, 0.1) is 5.92 Å². The van der Waals surface area contributed by atoms with Gasteiger partial charge >= 0.3 is 0 Å². The van der Waals surface area contributed by atoms with Crippen molar-refractivity contribution >= 4 is 28.5 Å². The molecule has 0 bridgehead atoms. The summed E-state index contributed by atoms with van der Waals surface area (Å²) in [5.41, 5.74) is 0. The first-order valence-corrected chi connectivity index (χ1v) is 7.93. The van der Waals surface area contributed by atoms with E-state index in [1.807, 2.05) is 11.6 Å². The molecule has 3 unspecified atom stereocenters. The Balaban J connectivity index is 1.85. The fourth-order valence-electron chi connectivity index (χ4n) is 2.52. The van der Waals surface area contributed by atoms with E-state index in [4.69, 9.17) is 17.0 Å². The summed E-state index contributed by atoms with van der Waals surface area (Å²) >= 11 is 7.13. The van der Waals surface area contributed by atoms with Crippen LogP contribution in [0.1, 0.15) is 24.8 Å². The Labute approximate surface area is 124 Å². The Morgan fingerprint density at radius 2 is 2.58 bits per heavy atom. The summed E-state index contributed by atoms with van der Waals surface area (Å²) in [6.45, 7) is 3.91. The highest BCUT2D eigenvalue weighted by Crippen LogP contribution is 2.19. The van der Waals surface area contributed by atoms with Gasteiger partial charge in [-0.15, -0.1) is 11.3 Å². The van der Waals surface area contributed by atoms with E-state index in [0.29, 0.717) is 12.6 Å². The molecule has 1 aliphatic heterocycles. The van der Waals surface area contributed by atoms with Crippen molar-refractivity contribution in [3.8, 4) is 0 Å². The Kier molecular flexibility index (Phi) is 5.69. The van der Waals surface area contributed by atoms with Crippen LogP contribution < -0.4 is 10.6 Å². The smallest absolute Gasteiger partial charge is 0.112 e. The molecule has 0 radical (unpaired) electrons. The lowest BCUT2D eigenvalue weighted by Crippen LogP contribution is -2.45. The molecule has 2 rings (SSSR count). The fourth-order valence-corrected chi connectivity index (χ4v) is 3.28. The van der Waals surface area contributed by atoms with Crippen molar-refractivity contribution < 1.29 is 4.74 Å². The molecule has 1 saturated heterocycles. The highest BCUT2D eigenvalue weighted by atomic mass is 32.1. The molecule has 3 atom stereocenters. The van der Waals surface area contributed by atoms with Crippen LogP contribution in [0.2, 0.25) is 0 Å². The quantitative estimate of drug-likeness (QED) is 0.786. The van der Waals surface area contributed by atoms with Crippen LogP contribution in [0.25, 0.3) is 0 Å². The van der Waals surface area contributed by atoms with Crippen LogP contribution >= 0.6 is 23.6 Å². The normalized spacial score (nSPS) is 22.1. The van der Waals surface area contributed by atoms with Gasteiger partial charge in [-0.2, -0.15) is 0 Å². The van der Waals surface area contributed by atoms with Crippen molar-refractivity contribution in [2.75, 3.05) is 13.7 Å². The van der Waals surface area contributed by atoms with Crippen LogP contribution in [0.3, 0.4) is 0 Å². The highest BCUT2D eigenvalue weighted by molar-refractivity contribution is 7.80. The van der Waals surface area contributed by atoms with Gasteiger partial charge in [0.2, 0.25) is 0 Å². The van der Waals surface area contributed by atoms with Crippen molar-refractivity contribution in [1.29, 1.82) is 0 Å². The van der Waals surface area contributed by atoms with E-state index >= 15 is 0 Å². The predicted molar refractivity (Wildman–Crippen MR) is 82.5 cm³/mol. The molecule has 1 fully saturated rings. The Hall–Kier alpha value is -0.560. The van der Waals surface area contributed by atoms with Crippen molar-refractivity contribution in [3.63, 3.8) is 0 Å². The second-order valence-corrected chi connectivity index (χ2v) is 6.25. The maximum Gasteiger partial charge on any atom is 0.112 e. The highest BCUT2D eigenvalue weighted by Gasteiger charge is 2.31. The third-order valence-corrected chi connectivity index (χ3v) is 4.87. The summed E-state index contributed by atoms with van der Waals surface area (Å²) in [7, 11) is 1.77. The van der Waals surface area contributed by atoms with Crippen LogP contribution in [0.5, 0.6) is 0 Å². The minimum Gasteiger partial charge on any atom is -0.379 e. The van der Waals surface area contributed by atoms with Crippen LogP contribution in [-0.2, 0) is 11.3 Å². The van der Waals surface area contributed by atoms with Gasteiger partial charge in [0.25, 0.3) is 0 Å². The molecule has 0 amide bonds. The van der Waals surface area contributed by atoms with Gasteiger partial charge in [0.1, 0.15) is 5.01 Å². The third-order valence-electron chi connectivity index (χ3n) is 3.57. The summed E-state index contributed by atoms with van der Waals surface area (Å²) in [4.78, 5) is 5.10. The molecule has 1 aromatic heterocycles. The van der Waals surface area contributed by atoms with Crippen molar-refractivity contribution in [2.24, 2.45) is 5.92 Å². The molecule has 4 nitrogen and oxygen atoms in total. The predicted octanol–water partition coefficient (Wildman–Crippen LogP) is 1.96. The number of hydrogen-bond acceptors (Lipinski definition) is 5. The lowest BCUT2D eigenvalue weighted by Gasteiger charge is -2.29. The van der Waals surface area contributed by atoms with E-state index in [0.717, 1.165) is 23.0 Å².